The molecule has 0 saturated heterocycles. The van der Waals surface area contributed by atoms with E-state index in [2.05, 4.69) is 17.6 Å². The van der Waals surface area contributed by atoms with Gasteiger partial charge in [0.15, 0.2) is 0 Å². The van der Waals surface area contributed by atoms with Gasteiger partial charge in [-0.3, -0.25) is 4.79 Å². The Hall–Kier alpha value is -0.910. The number of thioether (sulfide) groups is 1. The van der Waals surface area contributed by atoms with Crippen molar-refractivity contribution in [2.45, 2.75) is 44.3 Å². The Morgan fingerprint density at radius 3 is 2.47 bits per heavy atom. The van der Waals surface area contributed by atoms with Gasteiger partial charge >= 0.3 is 12.0 Å². The normalized spacial score (nSPS) is 18.8. The van der Waals surface area contributed by atoms with Crippen LogP contribution in [0, 0.1) is 5.41 Å². The van der Waals surface area contributed by atoms with Crippen LogP contribution in [0.2, 0.25) is 0 Å². The van der Waals surface area contributed by atoms with Crippen LogP contribution in [0.3, 0.4) is 0 Å². The molecule has 0 radical (unpaired) electrons. The molecule has 5 nitrogen and oxygen atoms in total. The summed E-state index contributed by atoms with van der Waals surface area (Å²) in [7, 11) is 0. The predicted octanol–water partition coefficient (Wildman–Crippen LogP) is 2.07. The number of carboxylic acids is 1. The molecule has 0 aromatic heterocycles. The molecule has 0 aliphatic heterocycles. The first-order chi connectivity index (χ1) is 9.00. The molecule has 0 heterocycles. The summed E-state index contributed by atoms with van der Waals surface area (Å²) in [5, 5.41) is 15.3. The Morgan fingerprint density at radius 1 is 1.32 bits per heavy atom. The maximum Gasteiger partial charge on any atom is 0.314 e. The van der Waals surface area contributed by atoms with E-state index in [9.17, 15) is 14.7 Å². The largest absolute Gasteiger partial charge is 0.481 e. The molecule has 1 atom stereocenters. The molecular formula is C13H24N2O3S. The average Bonchev–Trinajstić information content (AvgIpc) is 2.86. The second-order valence-electron chi connectivity index (χ2n) is 5.24. The van der Waals surface area contributed by atoms with Crippen LogP contribution in [0.1, 0.15) is 39.0 Å². The molecule has 0 aromatic rings. The molecule has 1 unspecified atom stereocenters. The van der Waals surface area contributed by atoms with Crippen molar-refractivity contribution < 1.29 is 14.7 Å². The number of rotatable bonds is 7. The van der Waals surface area contributed by atoms with Crippen LogP contribution in [0.5, 0.6) is 0 Å². The van der Waals surface area contributed by atoms with E-state index in [1.54, 1.807) is 11.8 Å². The first kappa shape index (κ1) is 16.1. The SMILES string of the molecule is CSC(C)CCNC(=O)NCC1(C(=O)O)CCCC1. The van der Waals surface area contributed by atoms with Gasteiger partial charge in [0, 0.05) is 18.3 Å². The van der Waals surface area contributed by atoms with E-state index in [1.165, 1.54) is 0 Å². The molecule has 6 heteroatoms. The highest BCUT2D eigenvalue weighted by molar-refractivity contribution is 7.99. The minimum Gasteiger partial charge on any atom is -0.481 e. The highest BCUT2D eigenvalue weighted by Gasteiger charge is 2.41. The maximum atomic E-state index is 11.6. The zero-order valence-corrected chi connectivity index (χ0v) is 12.5. The quantitative estimate of drug-likeness (QED) is 0.670. The van der Waals surface area contributed by atoms with E-state index in [0.717, 1.165) is 19.3 Å². The van der Waals surface area contributed by atoms with Gasteiger partial charge in [0.05, 0.1) is 5.41 Å². The topological polar surface area (TPSA) is 78.4 Å². The average molecular weight is 288 g/mol. The molecule has 1 rings (SSSR count). The van der Waals surface area contributed by atoms with Crippen LogP contribution in [-0.2, 0) is 4.79 Å². The smallest absolute Gasteiger partial charge is 0.314 e. The summed E-state index contributed by atoms with van der Waals surface area (Å²) in [6.45, 7) is 2.96. The van der Waals surface area contributed by atoms with Crippen molar-refractivity contribution in [2.75, 3.05) is 19.3 Å². The lowest BCUT2D eigenvalue weighted by molar-refractivity contribution is -0.148. The molecule has 1 saturated carbocycles. The van der Waals surface area contributed by atoms with E-state index < -0.39 is 11.4 Å². The summed E-state index contributed by atoms with van der Waals surface area (Å²) in [6, 6.07) is -0.263. The third-order valence-corrected chi connectivity index (χ3v) is 4.88. The predicted molar refractivity (Wildman–Crippen MR) is 77.5 cm³/mol. The fourth-order valence-electron chi connectivity index (χ4n) is 2.34. The number of nitrogens with one attached hydrogen (secondary N) is 2. The van der Waals surface area contributed by atoms with Crippen LogP contribution >= 0.6 is 11.8 Å². The van der Waals surface area contributed by atoms with Crippen LogP contribution in [0.4, 0.5) is 4.79 Å². The van der Waals surface area contributed by atoms with Gasteiger partial charge < -0.3 is 15.7 Å². The fourth-order valence-corrected chi connectivity index (χ4v) is 2.69. The van der Waals surface area contributed by atoms with Crippen molar-refractivity contribution in [3.05, 3.63) is 0 Å². The summed E-state index contributed by atoms with van der Waals surface area (Å²) in [5.74, 6) is -0.790. The van der Waals surface area contributed by atoms with E-state index >= 15 is 0 Å². The summed E-state index contributed by atoms with van der Waals surface area (Å²) in [5.41, 5.74) is -0.746. The number of hydrogen-bond acceptors (Lipinski definition) is 3. The standard InChI is InChI=1S/C13H24N2O3S/c1-10(19-2)5-8-14-12(18)15-9-13(11(16)17)6-3-4-7-13/h10H,3-9H2,1-2H3,(H,16,17)(H2,14,15,18). The van der Waals surface area contributed by atoms with Crippen molar-refractivity contribution in [1.82, 2.24) is 10.6 Å². The van der Waals surface area contributed by atoms with Gasteiger partial charge in [-0.05, 0) is 25.5 Å². The highest BCUT2D eigenvalue weighted by Crippen LogP contribution is 2.37. The van der Waals surface area contributed by atoms with Gasteiger partial charge in [-0.15, -0.1) is 0 Å². The lowest BCUT2D eigenvalue weighted by atomic mass is 9.86. The molecule has 1 fully saturated rings. The van der Waals surface area contributed by atoms with Gasteiger partial charge in [0.2, 0.25) is 0 Å². The van der Waals surface area contributed by atoms with Crippen molar-refractivity contribution in [1.29, 1.82) is 0 Å². The van der Waals surface area contributed by atoms with Crippen molar-refractivity contribution in [3.63, 3.8) is 0 Å². The second-order valence-corrected chi connectivity index (χ2v) is 6.51. The van der Waals surface area contributed by atoms with Crippen LogP contribution in [0.25, 0.3) is 0 Å². The molecule has 1 aliphatic rings. The van der Waals surface area contributed by atoms with Crippen molar-refractivity contribution in [2.24, 2.45) is 5.41 Å². The fraction of sp³-hybridized carbons (Fsp3) is 0.846. The number of aliphatic carboxylic acids is 1. The van der Waals surface area contributed by atoms with Gasteiger partial charge in [-0.2, -0.15) is 11.8 Å². The summed E-state index contributed by atoms with van der Waals surface area (Å²) >= 11 is 1.76. The molecule has 2 amide bonds. The number of amides is 2. The van der Waals surface area contributed by atoms with E-state index in [4.69, 9.17) is 0 Å². The number of hydrogen-bond donors (Lipinski definition) is 3. The minimum atomic E-state index is -0.790. The Bertz CT molecular complexity index is 317. The Kier molecular flexibility index (Phi) is 6.48. The monoisotopic (exact) mass is 288 g/mol. The Morgan fingerprint density at radius 2 is 1.95 bits per heavy atom. The molecule has 0 aromatic carbocycles. The highest BCUT2D eigenvalue weighted by atomic mass is 32.2. The van der Waals surface area contributed by atoms with E-state index in [1.807, 2.05) is 6.26 Å². The first-order valence-electron chi connectivity index (χ1n) is 6.78. The maximum absolute atomic E-state index is 11.6. The van der Waals surface area contributed by atoms with Crippen LogP contribution < -0.4 is 10.6 Å². The zero-order chi connectivity index (χ0) is 14.3. The molecule has 0 spiro atoms. The molecule has 110 valence electrons. The Labute approximate surface area is 118 Å². The number of carbonyl (C=O) groups is 2. The molecule has 3 N–H and O–H groups in total. The van der Waals surface area contributed by atoms with Crippen LogP contribution in [-0.4, -0.2) is 41.7 Å². The first-order valence-corrected chi connectivity index (χ1v) is 8.07. The molecular weight excluding hydrogens is 264 g/mol. The molecule has 0 bridgehead atoms. The number of urea groups is 1. The van der Waals surface area contributed by atoms with Gasteiger partial charge in [-0.25, -0.2) is 4.79 Å². The van der Waals surface area contributed by atoms with Crippen molar-refractivity contribution >= 4 is 23.8 Å². The van der Waals surface area contributed by atoms with Crippen molar-refractivity contribution in [3.8, 4) is 0 Å². The minimum absolute atomic E-state index is 0.228. The van der Waals surface area contributed by atoms with Gasteiger partial charge in [0.25, 0.3) is 0 Å². The van der Waals surface area contributed by atoms with Crippen LogP contribution in [0.15, 0.2) is 0 Å². The third-order valence-electron chi connectivity index (χ3n) is 3.84. The van der Waals surface area contributed by atoms with Gasteiger partial charge in [-0.1, -0.05) is 19.8 Å². The lowest BCUT2D eigenvalue weighted by Crippen LogP contribution is -2.45. The van der Waals surface area contributed by atoms with Gasteiger partial charge in [0.1, 0.15) is 0 Å². The second kappa shape index (κ2) is 7.62. The lowest BCUT2D eigenvalue weighted by Gasteiger charge is -2.24. The Balaban J connectivity index is 2.27. The number of carboxylic acid groups (broad SMARTS) is 1. The molecule has 1 aliphatic carbocycles. The summed E-state index contributed by atoms with van der Waals surface area (Å²) < 4.78 is 0. The summed E-state index contributed by atoms with van der Waals surface area (Å²) in [6.07, 6.45) is 6.14. The summed E-state index contributed by atoms with van der Waals surface area (Å²) in [4.78, 5) is 22.9. The van der Waals surface area contributed by atoms with E-state index in [-0.39, 0.29) is 12.6 Å². The van der Waals surface area contributed by atoms with E-state index in [0.29, 0.717) is 24.6 Å². The third kappa shape index (κ3) is 4.93. The molecule has 19 heavy (non-hydrogen) atoms. The zero-order valence-electron chi connectivity index (χ0n) is 11.7. The number of carbonyl (C=O) groups excluding carboxylic acids is 1.